The topological polar surface area (TPSA) is 85.0 Å². The number of hydrogen-bond acceptors (Lipinski definition) is 6. The van der Waals surface area contributed by atoms with Crippen molar-refractivity contribution in [2.75, 3.05) is 13.7 Å². The Morgan fingerprint density at radius 2 is 2.00 bits per heavy atom. The Hall–Kier alpha value is -2.84. The molecule has 0 saturated carbocycles. The molecule has 3 rings (SSSR count). The molecule has 7 nitrogen and oxygen atoms in total. The third kappa shape index (κ3) is 4.18. The number of benzene rings is 2. The van der Waals surface area contributed by atoms with E-state index in [1.54, 1.807) is 48.4 Å². The third-order valence-corrected chi connectivity index (χ3v) is 5.29. The van der Waals surface area contributed by atoms with Crippen LogP contribution in [0.3, 0.4) is 0 Å². The first-order valence-electron chi connectivity index (χ1n) is 8.31. The van der Waals surface area contributed by atoms with Gasteiger partial charge in [0.1, 0.15) is 10.8 Å². The van der Waals surface area contributed by atoms with E-state index in [2.05, 4.69) is 4.99 Å². The molecule has 1 amide bonds. The molecule has 1 aliphatic rings. The fourth-order valence-electron chi connectivity index (χ4n) is 2.55. The Kier molecular flexibility index (Phi) is 6.01. The summed E-state index contributed by atoms with van der Waals surface area (Å²) >= 11 is 7.07. The maximum absolute atomic E-state index is 12.7. The normalized spacial score (nSPS) is 16.8. The lowest BCUT2D eigenvalue weighted by Crippen LogP contribution is -2.28. The van der Waals surface area contributed by atoms with Crippen LogP contribution in [-0.2, 0) is 4.79 Å². The monoisotopic (exact) mass is 417 g/mol. The number of amidine groups is 1. The van der Waals surface area contributed by atoms with Crippen LogP contribution in [0.5, 0.6) is 5.75 Å². The maximum atomic E-state index is 12.7. The van der Waals surface area contributed by atoms with Crippen LogP contribution in [0.2, 0.25) is 5.02 Å². The van der Waals surface area contributed by atoms with Gasteiger partial charge in [0, 0.05) is 12.6 Å². The number of rotatable bonds is 5. The van der Waals surface area contributed by atoms with E-state index in [1.807, 2.05) is 6.92 Å². The highest BCUT2D eigenvalue weighted by Crippen LogP contribution is 2.35. The van der Waals surface area contributed by atoms with Gasteiger partial charge in [0.25, 0.3) is 11.6 Å². The van der Waals surface area contributed by atoms with Gasteiger partial charge in [-0.3, -0.25) is 19.8 Å². The number of halogens is 1. The minimum absolute atomic E-state index is 0.0505. The van der Waals surface area contributed by atoms with Crippen LogP contribution in [0, 0.1) is 10.1 Å². The van der Waals surface area contributed by atoms with Crippen LogP contribution in [0.25, 0.3) is 6.08 Å². The summed E-state index contributed by atoms with van der Waals surface area (Å²) in [5.41, 5.74) is 1.01. The van der Waals surface area contributed by atoms with Crippen molar-refractivity contribution in [3.05, 3.63) is 68.1 Å². The summed E-state index contributed by atoms with van der Waals surface area (Å²) in [5, 5.41) is 11.7. The second kappa shape index (κ2) is 8.45. The van der Waals surface area contributed by atoms with Crippen molar-refractivity contribution in [2.24, 2.45) is 4.99 Å². The van der Waals surface area contributed by atoms with Crippen LogP contribution in [0.1, 0.15) is 12.5 Å². The molecule has 0 aliphatic carbocycles. The van der Waals surface area contributed by atoms with Crippen molar-refractivity contribution in [3.63, 3.8) is 0 Å². The number of amides is 1. The average molecular weight is 418 g/mol. The Labute approximate surface area is 170 Å². The van der Waals surface area contributed by atoms with E-state index in [0.29, 0.717) is 27.9 Å². The molecule has 0 bridgehead atoms. The van der Waals surface area contributed by atoms with Gasteiger partial charge in [0.05, 0.1) is 22.6 Å². The summed E-state index contributed by atoms with van der Waals surface area (Å²) in [6.07, 6.45) is 1.61. The minimum Gasteiger partial charge on any atom is -0.497 e. The molecular formula is C19H16ClN3O4S. The molecule has 28 heavy (non-hydrogen) atoms. The first-order valence-corrected chi connectivity index (χ1v) is 9.50. The summed E-state index contributed by atoms with van der Waals surface area (Å²) in [7, 11) is 1.59. The van der Waals surface area contributed by atoms with Gasteiger partial charge in [-0.15, -0.1) is 0 Å². The van der Waals surface area contributed by atoms with Gasteiger partial charge in [0.15, 0.2) is 5.17 Å². The van der Waals surface area contributed by atoms with Crippen LogP contribution in [0.4, 0.5) is 11.4 Å². The molecular weight excluding hydrogens is 402 g/mol. The van der Waals surface area contributed by atoms with Gasteiger partial charge in [-0.25, -0.2) is 4.99 Å². The molecule has 0 N–H and O–H groups in total. The highest BCUT2D eigenvalue weighted by atomic mass is 35.5. The molecule has 1 heterocycles. The number of nitrogens with zero attached hydrogens (tertiary/aromatic N) is 3. The van der Waals surface area contributed by atoms with Gasteiger partial charge >= 0.3 is 0 Å². The molecule has 1 aliphatic heterocycles. The molecule has 2 aromatic rings. The molecule has 0 atom stereocenters. The number of aliphatic imine (C=N–C) groups is 1. The number of carbonyl (C=O) groups is 1. The summed E-state index contributed by atoms with van der Waals surface area (Å²) in [5.74, 6) is 0.522. The second-order valence-corrected chi connectivity index (χ2v) is 7.14. The van der Waals surface area contributed by atoms with E-state index in [9.17, 15) is 14.9 Å². The molecule has 1 fully saturated rings. The number of ether oxygens (including phenoxy) is 1. The Balaban J connectivity index is 1.92. The predicted molar refractivity (Wildman–Crippen MR) is 111 cm³/mol. The fraction of sp³-hybridized carbons (Fsp3) is 0.158. The summed E-state index contributed by atoms with van der Waals surface area (Å²) in [6.45, 7) is 2.32. The zero-order valence-corrected chi connectivity index (χ0v) is 16.7. The minimum atomic E-state index is -0.553. The average Bonchev–Trinajstić information content (AvgIpc) is 2.97. The Bertz CT molecular complexity index is 989. The molecule has 0 unspecified atom stereocenters. The number of carbonyl (C=O) groups excluding carboxylic acids is 1. The summed E-state index contributed by atoms with van der Waals surface area (Å²) < 4.78 is 5.13. The van der Waals surface area contributed by atoms with Crippen molar-refractivity contribution in [2.45, 2.75) is 6.92 Å². The van der Waals surface area contributed by atoms with Crippen molar-refractivity contribution in [3.8, 4) is 5.75 Å². The maximum Gasteiger partial charge on any atom is 0.288 e. The number of methoxy groups -OCH3 is 1. The molecule has 0 aromatic heterocycles. The number of nitro benzene ring substituents is 1. The lowest BCUT2D eigenvalue weighted by atomic mass is 10.2. The number of likely N-dealkylation sites (N-methyl/N-ethyl adjacent to an activating group) is 1. The van der Waals surface area contributed by atoms with E-state index >= 15 is 0 Å². The van der Waals surface area contributed by atoms with Crippen molar-refractivity contribution in [1.29, 1.82) is 0 Å². The molecule has 144 valence electrons. The van der Waals surface area contributed by atoms with Gasteiger partial charge in [-0.2, -0.15) is 0 Å². The van der Waals surface area contributed by atoms with E-state index in [0.717, 1.165) is 5.75 Å². The lowest BCUT2D eigenvalue weighted by molar-refractivity contribution is -0.384. The van der Waals surface area contributed by atoms with Gasteiger partial charge < -0.3 is 4.74 Å². The molecule has 0 radical (unpaired) electrons. The molecule has 9 heteroatoms. The SMILES string of the molecule is CCN1C(=O)/C(=C\c2ccc(Cl)c([N+](=O)[O-])c2)SC1=Nc1ccc(OC)cc1. The number of thioether (sulfide) groups is 1. The van der Waals surface area contributed by atoms with Gasteiger partial charge in [0.2, 0.25) is 0 Å². The van der Waals surface area contributed by atoms with Crippen molar-refractivity contribution in [1.82, 2.24) is 4.90 Å². The van der Waals surface area contributed by atoms with Crippen molar-refractivity contribution >= 4 is 51.9 Å². The smallest absolute Gasteiger partial charge is 0.288 e. The quantitative estimate of drug-likeness (QED) is 0.393. The van der Waals surface area contributed by atoms with Crippen LogP contribution in [-0.4, -0.2) is 34.6 Å². The zero-order valence-electron chi connectivity index (χ0n) is 15.1. The van der Waals surface area contributed by atoms with E-state index in [4.69, 9.17) is 16.3 Å². The van der Waals surface area contributed by atoms with E-state index < -0.39 is 4.92 Å². The summed E-state index contributed by atoms with van der Waals surface area (Å²) in [4.78, 5) is 29.8. The highest BCUT2D eigenvalue weighted by Gasteiger charge is 2.32. The van der Waals surface area contributed by atoms with Gasteiger partial charge in [-0.05, 0) is 60.7 Å². The second-order valence-electron chi connectivity index (χ2n) is 5.72. The Morgan fingerprint density at radius 1 is 1.29 bits per heavy atom. The first-order chi connectivity index (χ1) is 13.4. The first kappa shape index (κ1) is 19.9. The molecule has 0 spiro atoms. The van der Waals surface area contributed by atoms with Crippen LogP contribution in [0.15, 0.2) is 52.4 Å². The highest BCUT2D eigenvalue weighted by molar-refractivity contribution is 8.18. The number of nitro groups is 1. The largest absolute Gasteiger partial charge is 0.497 e. The Morgan fingerprint density at radius 3 is 2.61 bits per heavy atom. The third-order valence-electron chi connectivity index (χ3n) is 3.97. The van der Waals surface area contributed by atoms with Gasteiger partial charge in [-0.1, -0.05) is 17.7 Å². The van der Waals surface area contributed by atoms with Crippen molar-refractivity contribution < 1.29 is 14.5 Å². The molecule has 2 aromatic carbocycles. The predicted octanol–water partition coefficient (Wildman–Crippen LogP) is 4.88. The standard InChI is InChI=1S/C19H16ClN3O4S/c1-3-22-18(24)17(11-12-4-9-15(20)16(10-12)23(25)26)28-19(22)21-13-5-7-14(27-2)8-6-13/h4-11H,3H2,1-2H3/b17-11+,21-19?. The zero-order chi connectivity index (χ0) is 20.3. The molecule has 1 saturated heterocycles. The van der Waals surface area contributed by atoms with Crippen LogP contribution >= 0.6 is 23.4 Å². The van der Waals surface area contributed by atoms with E-state index in [1.165, 1.54) is 23.9 Å². The summed E-state index contributed by atoms with van der Waals surface area (Å²) in [6, 6.07) is 11.6. The van der Waals surface area contributed by atoms with Crippen LogP contribution < -0.4 is 4.74 Å². The fourth-order valence-corrected chi connectivity index (χ4v) is 3.80. The van der Waals surface area contributed by atoms with E-state index in [-0.39, 0.29) is 16.6 Å². The lowest BCUT2D eigenvalue weighted by Gasteiger charge is -2.12. The number of hydrogen-bond donors (Lipinski definition) is 0.